The van der Waals surface area contributed by atoms with E-state index in [2.05, 4.69) is 15.9 Å². The summed E-state index contributed by atoms with van der Waals surface area (Å²) in [6.45, 7) is 1.89. The van der Waals surface area contributed by atoms with Crippen LogP contribution >= 0.6 is 27.3 Å². The molecular weight excluding hydrogens is 438 g/mol. The lowest BCUT2D eigenvalue weighted by Gasteiger charge is -2.37. The quantitative estimate of drug-likeness (QED) is 0.686. The molecule has 136 valence electrons. The molecule has 0 bridgehead atoms. The van der Waals surface area contributed by atoms with Gasteiger partial charge in [-0.05, 0) is 40.9 Å². The van der Waals surface area contributed by atoms with Gasteiger partial charge in [0.1, 0.15) is 4.21 Å². The highest BCUT2D eigenvalue weighted by molar-refractivity contribution is 9.11. The van der Waals surface area contributed by atoms with E-state index in [-0.39, 0.29) is 30.4 Å². The monoisotopic (exact) mass is 457 g/mol. The number of halogens is 1. The number of rotatable bonds is 4. The van der Waals surface area contributed by atoms with Crippen molar-refractivity contribution in [2.45, 2.75) is 23.5 Å². The van der Waals surface area contributed by atoms with Crippen LogP contribution in [0.1, 0.15) is 19.3 Å². The third kappa shape index (κ3) is 3.71. The minimum absolute atomic E-state index is 0.185. The van der Waals surface area contributed by atoms with E-state index in [1.807, 2.05) is 0 Å². The molecule has 0 aliphatic carbocycles. The number of thiophene rings is 1. The van der Waals surface area contributed by atoms with E-state index >= 15 is 0 Å². The van der Waals surface area contributed by atoms with Crippen LogP contribution in [-0.4, -0.2) is 69.0 Å². The number of hydrogen-bond donors (Lipinski definition) is 0. The first-order chi connectivity index (χ1) is 11.3. The normalized spacial score (nSPS) is 22.7. The Labute approximate surface area is 155 Å². The van der Waals surface area contributed by atoms with Gasteiger partial charge in [0.05, 0.1) is 3.79 Å². The van der Waals surface area contributed by atoms with Crippen LogP contribution in [0.15, 0.2) is 20.1 Å². The van der Waals surface area contributed by atoms with E-state index in [0.29, 0.717) is 13.1 Å². The first-order valence-electron chi connectivity index (χ1n) is 7.82. The van der Waals surface area contributed by atoms with Crippen molar-refractivity contribution in [3.05, 3.63) is 15.9 Å². The van der Waals surface area contributed by atoms with Crippen LogP contribution in [0.3, 0.4) is 0 Å². The van der Waals surface area contributed by atoms with Crippen LogP contribution < -0.4 is 0 Å². The fourth-order valence-electron chi connectivity index (χ4n) is 2.96. The summed E-state index contributed by atoms with van der Waals surface area (Å²) >= 11 is 4.44. The van der Waals surface area contributed by atoms with Gasteiger partial charge in [0.2, 0.25) is 0 Å². The third-order valence-electron chi connectivity index (χ3n) is 4.31. The zero-order chi connectivity index (χ0) is 17.4. The fraction of sp³-hybridized carbons (Fsp3) is 0.692. The second kappa shape index (κ2) is 7.29. The Kier molecular flexibility index (Phi) is 5.70. The van der Waals surface area contributed by atoms with Crippen molar-refractivity contribution in [3.8, 4) is 0 Å². The van der Waals surface area contributed by atoms with E-state index in [4.69, 9.17) is 0 Å². The van der Waals surface area contributed by atoms with Crippen LogP contribution in [-0.2, 0) is 20.2 Å². The van der Waals surface area contributed by atoms with Gasteiger partial charge in [-0.1, -0.05) is 6.42 Å². The zero-order valence-electron chi connectivity index (χ0n) is 13.1. The number of hydrogen-bond acceptors (Lipinski definition) is 5. The number of piperidine rings is 1. The molecule has 2 saturated heterocycles. The molecule has 2 fully saturated rings. The highest BCUT2D eigenvalue weighted by atomic mass is 79.9. The molecule has 2 aliphatic heterocycles. The molecule has 0 unspecified atom stereocenters. The summed E-state index contributed by atoms with van der Waals surface area (Å²) in [5.41, 5.74) is 0. The summed E-state index contributed by atoms with van der Waals surface area (Å²) in [5, 5.41) is 0. The van der Waals surface area contributed by atoms with Crippen LogP contribution in [0.4, 0.5) is 0 Å². The van der Waals surface area contributed by atoms with Crippen molar-refractivity contribution in [2.24, 2.45) is 0 Å². The number of piperazine rings is 1. The average molecular weight is 458 g/mol. The largest absolute Gasteiger partial charge is 0.282 e. The molecule has 0 spiro atoms. The Bertz CT molecular complexity index is 779. The molecule has 0 radical (unpaired) electrons. The summed E-state index contributed by atoms with van der Waals surface area (Å²) in [6, 6.07) is 3.27. The van der Waals surface area contributed by atoms with Crippen molar-refractivity contribution in [2.75, 3.05) is 39.3 Å². The van der Waals surface area contributed by atoms with Crippen LogP contribution in [0.25, 0.3) is 0 Å². The summed E-state index contributed by atoms with van der Waals surface area (Å²) in [4.78, 5) is 0. The van der Waals surface area contributed by atoms with Gasteiger partial charge in [0.15, 0.2) is 0 Å². The van der Waals surface area contributed by atoms with Gasteiger partial charge in [-0.25, -0.2) is 8.42 Å². The molecule has 24 heavy (non-hydrogen) atoms. The fourth-order valence-corrected chi connectivity index (χ4v) is 8.22. The average Bonchev–Trinajstić information content (AvgIpc) is 3.03. The number of sulfonamides is 1. The summed E-state index contributed by atoms with van der Waals surface area (Å²) < 4.78 is 55.8. The maximum absolute atomic E-state index is 12.7. The van der Waals surface area contributed by atoms with E-state index in [1.165, 1.54) is 12.9 Å². The molecule has 0 atom stereocenters. The predicted molar refractivity (Wildman–Crippen MR) is 96.7 cm³/mol. The lowest BCUT2D eigenvalue weighted by molar-refractivity contribution is 0.245. The predicted octanol–water partition coefficient (Wildman–Crippen LogP) is 1.55. The summed E-state index contributed by atoms with van der Waals surface area (Å²) in [6.07, 6.45) is 2.84. The molecule has 0 N–H and O–H groups in total. The van der Waals surface area contributed by atoms with E-state index in [1.54, 1.807) is 12.1 Å². The van der Waals surface area contributed by atoms with Gasteiger partial charge < -0.3 is 0 Å². The molecular formula is C13H20BrN3O4S3. The molecule has 2 aliphatic rings. The molecule has 1 aromatic heterocycles. The van der Waals surface area contributed by atoms with Gasteiger partial charge in [-0.3, -0.25) is 0 Å². The van der Waals surface area contributed by atoms with Crippen molar-refractivity contribution in [3.63, 3.8) is 0 Å². The Morgan fingerprint density at radius 1 is 0.792 bits per heavy atom. The highest BCUT2D eigenvalue weighted by Crippen LogP contribution is 2.29. The van der Waals surface area contributed by atoms with Crippen LogP contribution in [0, 0.1) is 0 Å². The molecule has 3 rings (SSSR count). The lowest BCUT2D eigenvalue weighted by atomic mass is 10.2. The molecule has 11 heteroatoms. The van der Waals surface area contributed by atoms with Crippen molar-refractivity contribution in [1.82, 2.24) is 12.9 Å². The van der Waals surface area contributed by atoms with Gasteiger partial charge >= 0.3 is 0 Å². The van der Waals surface area contributed by atoms with Gasteiger partial charge in [-0.15, -0.1) is 11.3 Å². The molecule has 0 saturated carbocycles. The second-order valence-electron chi connectivity index (χ2n) is 5.83. The smallest absolute Gasteiger partial charge is 0.206 e. The second-order valence-corrected chi connectivity index (χ2v) is 12.4. The van der Waals surface area contributed by atoms with Crippen LogP contribution in [0.5, 0.6) is 0 Å². The SMILES string of the molecule is O=S(=O)(c1ccc(Br)s1)N1CCN(S(=O)(=O)N2CCCCC2)CC1. The zero-order valence-corrected chi connectivity index (χ0v) is 17.1. The van der Waals surface area contributed by atoms with E-state index in [9.17, 15) is 16.8 Å². The molecule has 1 aromatic rings. The minimum Gasteiger partial charge on any atom is -0.206 e. The summed E-state index contributed by atoms with van der Waals surface area (Å²) in [7, 11) is -7.02. The third-order valence-corrected chi connectivity index (χ3v) is 10.3. The Morgan fingerprint density at radius 3 is 1.88 bits per heavy atom. The van der Waals surface area contributed by atoms with Crippen LogP contribution in [0.2, 0.25) is 0 Å². The van der Waals surface area contributed by atoms with Gasteiger partial charge in [-0.2, -0.15) is 21.3 Å². The first-order valence-corrected chi connectivity index (χ1v) is 12.3. The first kappa shape index (κ1) is 18.7. The maximum Gasteiger partial charge on any atom is 0.282 e. The number of nitrogens with zero attached hydrogens (tertiary/aromatic N) is 3. The standard InChI is InChI=1S/C13H20BrN3O4S3/c14-12-4-5-13(22-12)23(18,19)15-8-10-17(11-9-15)24(20,21)16-6-2-1-3-7-16/h4-5H,1-3,6-11H2. The van der Waals surface area contributed by atoms with Gasteiger partial charge in [0.25, 0.3) is 20.2 Å². The van der Waals surface area contributed by atoms with Crippen molar-refractivity contribution < 1.29 is 16.8 Å². The highest BCUT2D eigenvalue weighted by Gasteiger charge is 2.36. The molecule has 3 heterocycles. The van der Waals surface area contributed by atoms with E-state index < -0.39 is 20.2 Å². The Balaban J connectivity index is 1.67. The summed E-state index contributed by atoms with van der Waals surface area (Å²) in [5.74, 6) is 0. The Hall–Kier alpha value is -0.0400. The lowest BCUT2D eigenvalue weighted by Crippen LogP contribution is -2.54. The van der Waals surface area contributed by atoms with Gasteiger partial charge in [0, 0.05) is 39.3 Å². The minimum atomic E-state index is -3.55. The maximum atomic E-state index is 12.7. The molecule has 0 aromatic carbocycles. The van der Waals surface area contributed by atoms with Crippen molar-refractivity contribution >= 4 is 47.5 Å². The Morgan fingerprint density at radius 2 is 1.33 bits per heavy atom. The van der Waals surface area contributed by atoms with E-state index in [0.717, 1.165) is 34.4 Å². The van der Waals surface area contributed by atoms with Crippen molar-refractivity contribution in [1.29, 1.82) is 0 Å². The molecule has 0 amide bonds. The molecule has 7 nitrogen and oxygen atoms in total. The topological polar surface area (TPSA) is 78.0 Å².